The molecule has 6 nitrogen and oxygen atoms in total. The lowest BCUT2D eigenvalue weighted by Gasteiger charge is -2.25. The first-order valence-corrected chi connectivity index (χ1v) is 10.4. The smallest absolute Gasteiger partial charge is 0.267 e. The van der Waals surface area contributed by atoms with E-state index in [1.54, 1.807) is 51.3 Å². The first kappa shape index (κ1) is 20.9. The van der Waals surface area contributed by atoms with Crippen molar-refractivity contribution < 1.29 is 18.7 Å². The number of nitrogens with one attached hydrogen (secondary N) is 1. The third-order valence-electron chi connectivity index (χ3n) is 4.72. The molecule has 0 spiro atoms. The Morgan fingerprint density at radius 1 is 1.00 bits per heavy atom. The van der Waals surface area contributed by atoms with E-state index in [0.29, 0.717) is 28.4 Å². The molecule has 31 heavy (non-hydrogen) atoms. The molecule has 0 atom stereocenters. The number of carbonyl (C=O) groups is 1. The minimum Gasteiger partial charge on any atom is -0.497 e. The van der Waals surface area contributed by atoms with Gasteiger partial charge in [-0.2, -0.15) is 0 Å². The van der Waals surface area contributed by atoms with Crippen molar-refractivity contribution >= 4 is 38.6 Å². The highest BCUT2D eigenvalue weighted by atomic mass is 79.9. The number of methoxy groups -OCH3 is 1. The van der Waals surface area contributed by atoms with Crippen LogP contribution >= 0.6 is 15.9 Å². The summed E-state index contributed by atoms with van der Waals surface area (Å²) in [6.45, 7) is 3.45. The second-order valence-corrected chi connectivity index (χ2v) is 8.37. The fourth-order valence-corrected chi connectivity index (χ4v) is 3.25. The van der Waals surface area contributed by atoms with Gasteiger partial charge in [0.05, 0.1) is 7.11 Å². The monoisotopic (exact) mass is 480 g/mol. The van der Waals surface area contributed by atoms with Crippen molar-refractivity contribution in [3.8, 4) is 23.0 Å². The molecule has 4 rings (SSSR count). The molecule has 1 aromatic heterocycles. The van der Waals surface area contributed by atoms with E-state index in [1.165, 1.54) is 0 Å². The molecule has 0 aliphatic heterocycles. The van der Waals surface area contributed by atoms with E-state index in [-0.39, 0.29) is 5.91 Å². The van der Waals surface area contributed by atoms with Crippen LogP contribution in [0.1, 0.15) is 13.8 Å². The van der Waals surface area contributed by atoms with Gasteiger partial charge in [-0.05, 0) is 80.6 Å². The number of hydrogen-bond acceptors (Lipinski definition) is 5. The number of carbonyl (C=O) groups excluding carboxylic acids is 1. The highest BCUT2D eigenvalue weighted by molar-refractivity contribution is 9.10. The van der Waals surface area contributed by atoms with Gasteiger partial charge in [0, 0.05) is 15.7 Å². The number of ether oxygens (including phenoxy) is 2. The molecule has 0 bridgehead atoms. The molecule has 1 heterocycles. The highest BCUT2D eigenvalue weighted by Gasteiger charge is 2.30. The van der Waals surface area contributed by atoms with Crippen LogP contribution in [-0.4, -0.2) is 23.6 Å². The molecule has 0 aliphatic rings. The quantitative estimate of drug-likeness (QED) is 0.362. The lowest BCUT2D eigenvalue weighted by molar-refractivity contribution is -0.128. The summed E-state index contributed by atoms with van der Waals surface area (Å²) < 4.78 is 17.9. The molecule has 158 valence electrons. The fourth-order valence-electron chi connectivity index (χ4n) is 2.99. The maximum atomic E-state index is 12.8. The molecule has 3 aromatic carbocycles. The predicted molar refractivity (Wildman–Crippen MR) is 123 cm³/mol. The molecule has 0 saturated carbocycles. The Balaban J connectivity index is 1.51. The Bertz CT molecular complexity index is 1210. The number of halogens is 1. The Hall–Kier alpha value is -3.32. The first-order valence-electron chi connectivity index (χ1n) is 9.65. The van der Waals surface area contributed by atoms with Crippen molar-refractivity contribution in [3.05, 3.63) is 71.2 Å². The average molecular weight is 481 g/mol. The van der Waals surface area contributed by atoms with Crippen LogP contribution in [0.25, 0.3) is 22.6 Å². The number of fused-ring (bicyclic) bond motifs is 1. The van der Waals surface area contributed by atoms with E-state index in [2.05, 4.69) is 26.2 Å². The Kier molecular flexibility index (Phi) is 5.69. The van der Waals surface area contributed by atoms with E-state index in [1.807, 2.05) is 36.4 Å². The van der Waals surface area contributed by atoms with Gasteiger partial charge in [-0.25, -0.2) is 4.98 Å². The summed E-state index contributed by atoms with van der Waals surface area (Å²) in [7, 11) is 1.62. The Morgan fingerprint density at radius 2 is 1.68 bits per heavy atom. The van der Waals surface area contributed by atoms with Gasteiger partial charge in [-0.1, -0.05) is 15.9 Å². The molecule has 0 aliphatic carbocycles. The number of aromatic nitrogens is 1. The Morgan fingerprint density at radius 3 is 2.35 bits per heavy atom. The van der Waals surface area contributed by atoms with Crippen LogP contribution in [0.3, 0.4) is 0 Å². The molecule has 1 amide bonds. The highest BCUT2D eigenvalue weighted by Crippen LogP contribution is 2.28. The zero-order chi connectivity index (χ0) is 22.0. The lowest BCUT2D eigenvalue weighted by Crippen LogP contribution is -2.42. The van der Waals surface area contributed by atoms with Gasteiger partial charge in [-0.15, -0.1) is 0 Å². The molecule has 7 heteroatoms. The van der Waals surface area contributed by atoms with E-state index in [4.69, 9.17) is 13.9 Å². The average Bonchev–Trinajstić information content (AvgIpc) is 3.18. The fraction of sp³-hybridized carbons (Fsp3) is 0.167. The number of nitrogens with zero attached hydrogens (tertiary/aromatic N) is 1. The second-order valence-electron chi connectivity index (χ2n) is 7.45. The first-order chi connectivity index (χ1) is 14.8. The predicted octanol–water partition coefficient (Wildman–Crippen LogP) is 6.06. The minimum absolute atomic E-state index is 0.270. The number of amides is 1. The molecule has 4 aromatic rings. The van der Waals surface area contributed by atoms with Crippen molar-refractivity contribution in [2.75, 3.05) is 12.4 Å². The molecule has 0 fully saturated rings. The standard InChI is InChI=1S/C24H21BrN2O4/c1-24(2,31-19-11-6-16(25)7-12-19)23(28)26-17-8-13-21-20(14-17)27-22(30-21)15-4-9-18(29-3)10-5-15/h4-14H,1-3H3,(H,26,28). The van der Waals surface area contributed by atoms with Crippen LogP contribution in [0.5, 0.6) is 11.5 Å². The molecular formula is C24H21BrN2O4. The van der Waals surface area contributed by atoms with Gasteiger partial charge >= 0.3 is 0 Å². The molecule has 0 saturated heterocycles. The van der Waals surface area contributed by atoms with Gasteiger partial charge in [-0.3, -0.25) is 4.79 Å². The van der Waals surface area contributed by atoms with Gasteiger partial charge in [0.25, 0.3) is 5.91 Å². The summed E-state index contributed by atoms with van der Waals surface area (Å²) in [5, 5.41) is 2.90. The molecule has 0 unspecified atom stereocenters. The third kappa shape index (κ3) is 4.72. The minimum atomic E-state index is -1.07. The lowest BCUT2D eigenvalue weighted by atomic mass is 10.1. The van der Waals surface area contributed by atoms with Crippen LogP contribution in [0.4, 0.5) is 5.69 Å². The van der Waals surface area contributed by atoms with E-state index < -0.39 is 5.60 Å². The van der Waals surface area contributed by atoms with E-state index in [9.17, 15) is 4.79 Å². The number of anilines is 1. The summed E-state index contributed by atoms with van der Waals surface area (Å²) in [5.74, 6) is 1.60. The summed E-state index contributed by atoms with van der Waals surface area (Å²) in [6, 6.07) is 20.1. The largest absolute Gasteiger partial charge is 0.497 e. The topological polar surface area (TPSA) is 73.6 Å². The van der Waals surface area contributed by atoms with Crippen molar-refractivity contribution in [2.45, 2.75) is 19.4 Å². The summed E-state index contributed by atoms with van der Waals surface area (Å²) >= 11 is 3.39. The molecule has 1 N–H and O–H groups in total. The molecule has 0 radical (unpaired) electrons. The van der Waals surface area contributed by atoms with E-state index >= 15 is 0 Å². The van der Waals surface area contributed by atoms with Crippen molar-refractivity contribution in [3.63, 3.8) is 0 Å². The number of hydrogen-bond donors (Lipinski definition) is 1. The molecular weight excluding hydrogens is 460 g/mol. The summed E-state index contributed by atoms with van der Waals surface area (Å²) in [5.41, 5.74) is 1.66. The van der Waals surface area contributed by atoms with Gasteiger partial charge in [0.1, 0.15) is 17.0 Å². The van der Waals surface area contributed by atoms with Gasteiger partial charge < -0.3 is 19.2 Å². The van der Waals surface area contributed by atoms with Crippen LogP contribution in [0.15, 0.2) is 75.6 Å². The second kappa shape index (κ2) is 8.43. The maximum Gasteiger partial charge on any atom is 0.267 e. The SMILES string of the molecule is COc1ccc(-c2nc3cc(NC(=O)C(C)(C)Oc4ccc(Br)cc4)ccc3o2)cc1. The van der Waals surface area contributed by atoms with Gasteiger partial charge in [0.15, 0.2) is 11.2 Å². The third-order valence-corrected chi connectivity index (χ3v) is 5.24. The number of rotatable bonds is 6. The van der Waals surface area contributed by atoms with Crippen LogP contribution in [-0.2, 0) is 4.79 Å². The number of oxazole rings is 1. The van der Waals surface area contributed by atoms with E-state index in [0.717, 1.165) is 15.8 Å². The van der Waals surface area contributed by atoms with Crippen LogP contribution in [0.2, 0.25) is 0 Å². The maximum absolute atomic E-state index is 12.8. The van der Waals surface area contributed by atoms with Gasteiger partial charge in [0.2, 0.25) is 5.89 Å². The van der Waals surface area contributed by atoms with Crippen LogP contribution < -0.4 is 14.8 Å². The van der Waals surface area contributed by atoms with Crippen molar-refractivity contribution in [2.24, 2.45) is 0 Å². The van der Waals surface area contributed by atoms with Crippen molar-refractivity contribution in [1.29, 1.82) is 0 Å². The van der Waals surface area contributed by atoms with Crippen LogP contribution in [0, 0.1) is 0 Å². The zero-order valence-electron chi connectivity index (χ0n) is 17.3. The summed E-state index contributed by atoms with van der Waals surface area (Å²) in [6.07, 6.45) is 0. The Labute approximate surface area is 188 Å². The number of benzene rings is 3. The van der Waals surface area contributed by atoms with Crippen molar-refractivity contribution in [1.82, 2.24) is 4.98 Å². The zero-order valence-corrected chi connectivity index (χ0v) is 18.9. The summed E-state index contributed by atoms with van der Waals surface area (Å²) in [4.78, 5) is 17.4. The normalized spacial score (nSPS) is 11.4.